The summed E-state index contributed by atoms with van der Waals surface area (Å²) >= 11 is 0. The van der Waals surface area contributed by atoms with Gasteiger partial charge in [-0.2, -0.15) is 0 Å². The molecule has 2 heterocycles. The maximum Gasteiger partial charge on any atom is 0.223 e. The quantitative estimate of drug-likeness (QED) is 0.400. The highest BCUT2D eigenvalue weighted by molar-refractivity contribution is 5.81. The van der Waals surface area contributed by atoms with E-state index in [0.29, 0.717) is 32.7 Å². The molecule has 1 unspecified atom stereocenters. The highest BCUT2D eigenvalue weighted by atomic mass is 16.5. The minimum absolute atomic E-state index is 0.0606. The zero-order valence-electron chi connectivity index (χ0n) is 18.7. The Hall–Kier alpha value is -3.80. The lowest BCUT2D eigenvalue weighted by molar-refractivity contribution is -0.128. The van der Waals surface area contributed by atoms with Crippen molar-refractivity contribution in [3.8, 4) is 11.5 Å². The SMILES string of the molecule is COc1cccc(OCCn2c(C3CC(=O)N(Cc4ccccc4)C3)nc3ccccc32)c1. The number of amides is 1. The van der Waals surface area contributed by atoms with E-state index in [4.69, 9.17) is 14.5 Å². The smallest absolute Gasteiger partial charge is 0.223 e. The minimum Gasteiger partial charge on any atom is -0.497 e. The van der Waals surface area contributed by atoms with Crippen molar-refractivity contribution in [2.24, 2.45) is 0 Å². The molecule has 33 heavy (non-hydrogen) atoms. The van der Waals surface area contributed by atoms with Crippen molar-refractivity contribution in [2.45, 2.75) is 25.4 Å². The first-order valence-corrected chi connectivity index (χ1v) is 11.2. The second kappa shape index (κ2) is 9.36. The first-order valence-electron chi connectivity index (χ1n) is 11.2. The topological polar surface area (TPSA) is 56.6 Å². The number of aromatic nitrogens is 2. The van der Waals surface area contributed by atoms with Crippen LogP contribution in [0.4, 0.5) is 0 Å². The summed E-state index contributed by atoms with van der Waals surface area (Å²) in [5.74, 6) is 2.73. The van der Waals surface area contributed by atoms with Crippen LogP contribution in [0.5, 0.6) is 11.5 Å². The average molecular weight is 442 g/mol. The Kier molecular flexibility index (Phi) is 5.98. The van der Waals surface area contributed by atoms with E-state index in [1.54, 1.807) is 7.11 Å². The Balaban J connectivity index is 1.35. The molecule has 4 aromatic rings. The van der Waals surface area contributed by atoms with Gasteiger partial charge in [0.2, 0.25) is 5.91 Å². The molecule has 3 aromatic carbocycles. The van der Waals surface area contributed by atoms with Crippen LogP contribution in [0.15, 0.2) is 78.9 Å². The van der Waals surface area contributed by atoms with Crippen molar-refractivity contribution in [1.82, 2.24) is 14.5 Å². The number of likely N-dealkylation sites (tertiary alicyclic amines) is 1. The van der Waals surface area contributed by atoms with Crippen LogP contribution in [-0.4, -0.2) is 40.6 Å². The fourth-order valence-corrected chi connectivity index (χ4v) is 4.49. The number of nitrogens with zero attached hydrogens (tertiary/aromatic N) is 3. The third-order valence-electron chi connectivity index (χ3n) is 6.10. The van der Waals surface area contributed by atoms with Gasteiger partial charge < -0.3 is 18.9 Å². The Labute approximate surface area is 193 Å². The summed E-state index contributed by atoms with van der Waals surface area (Å²) in [6.45, 7) is 2.45. The molecule has 0 N–H and O–H groups in total. The number of carbonyl (C=O) groups is 1. The molecule has 0 spiro atoms. The third-order valence-corrected chi connectivity index (χ3v) is 6.10. The van der Waals surface area contributed by atoms with Crippen molar-refractivity contribution in [1.29, 1.82) is 0 Å². The molecule has 1 atom stereocenters. The van der Waals surface area contributed by atoms with Crippen LogP contribution in [0.2, 0.25) is 0 Å². The number of carbonyl (C=O) groups excluding carboxylic acids is 1. The Morgan fingerprint density at radius 3 is 2.61 bits per heavy atom. The van der Waals surface area contributed by atoms with Crippen LogP contribution < -0.4 is 9.47 Å². The standard InChI is InChI=1S/C27H27N3O3/c1-32-22-10-7-11-23(17-22)33-15-14-30-25-13-6-5-12-24(25)28-27(30)21-16-26(31)29(19-21)18-20-8-3-2-4-9-20/h2-13,17,21H,14-16,18-19H2,1H3. The maximum atomic E-state index is 12.8. The molecule has 1 aliphatic rings. The van der Waals surface area contributed by atoms with Crippen LogP contribution >= 0.6 is 0 Å². The lowest BCUT2D eigenvalue weighted by Crippen LogP contribution is -2.24. The molecule has 1 aromatic heterocycles. The fourth-order valence-electron chi connectivity index (χ4n) is 4.49. The third kappa shape index (κ3) is 4.55. The summed E-state index contributed by atoms with van der Waals surface area (Å²) in [6, 6.07) is 25.9. The van der Waals surface area contributed by atoms with Gasteiger partial charge in [-0.25, -0.2) is 4.98 Å². The van der Waals surface area contributed by atoms with Crippen molar-refractivity contribution in [3.63, 3.8) is 0 Å². The van der Waals surface area contributed by atoms with Gasteiger partial charge >= 0.3 is 0 Å². The van der Waals surface area contributed by atoms with Gasteiger partial charge in [-0.05, 0) is 29.8 Å². The average Bonchev–Trinajstić information content (AvgIpc) is 3.40. The van der Waals surface area contributed by atoms with E-state index in [1.165, 1.54) is 0 Å². The molecule has 0 radical (unpaired) electrons. The molecule has 1 saturated heterocycles. The van der Waals surface area contributed by atoms with Crippen molar-refractivity contribution in [2.75, 3.05) is 20.3 Å². The first kappa shape index (κ1) is 21.1. The normalized spacial score (nSPS) is 15.8. The molecular weight excluding hydrogens is 414 g/mol. The first-order chi connectivity index (χ1) is 16.2. The minimum atomic E-state index is 0.0606. The number of rotatable bonds is 8. The maximum absolute atomic E-state index is 12.8. The van der Waals surface area contributed by atoms with Crippen molar-refractivity contribution >= 4 is 16.9 Å². The van der Waals surface area contributed by atoms with Crippen LogP contribution in [0.1, 0.15) is 23.7 Å². The highest BCUT2D eigenvalue weighted by Gasteiger charge is 2.33. The summed E-state index contributed by atoms with van der Waals surface area (Å²) in [7, 11) is 1.65. The molecule has 0 saturated carbocycles. The zero-order chi connectivity index (χ0) is 22.6. The molecule has 0 bridgehead atoms. The van der Waals surface area contributed by atoms with Crippen molar-refractivity contribution < 1.29 is 14.3 Å². The zero-order valence-corrected chi connectivity index (χ0v) is 18.7. The lowest BCUT2D eigenvalue weighted by Gasteiger charge is -2.17. The molecular formula is C27H27N3O3. The molecule has 1 aliphatic heterocycles. The van der Waals surface area contributed by atoms with Gasteiger partial charge in [0.1, 0.15) is 23.9 Å². The number of imidazole rings is 1. The van der Waals surface area contributed by atoms with E-state index in [1.807, 2.05) is 65.6 Å². The molecule has 6 heteroatoms. The summed E-state index contributed by atoms with van der Waals surface area (Å²) in [5.41, 5.74) is 3.16. The van der Waals surface area contributed by atoms with E-state index < -0.39 is 0 Å². The number of methoxy groups -OCH3 is 1. The number of benzene rings is 3. The van der Waals surface area contributed by atoms with E-state index in [-0.39, 0.29) is 11.8 Å². The van der Waals surface area contributed by atoms with Crippen molar-refractivity contribution in [3.05, 3.63) is 90.3 Å². The molecule has 168 valence electrons. The number of hydrogen-bond acceptors (Lipinski definition) is 4. The predicted octanol–water partition coefficient (Wildman–Crippen LogP) is 4.64. The van der Waals surface area contributed by atoms with E-state index >= 15 is 0 Å². The van der Waals surface area contributed by atoms with E-state index in [0.717, 1.165) is 33.9 Å². The summed E-state index contributed by atoms with van der Waals surface area (Å²) in [6.07, 6.45) is 0.479. The number of ether oxygens (including phenoxy) is 2. The predicted molar refractivity (Wildman–Crippen MR) is 127 cm³/mol. The fraction of sp³-hybridized carbons (Fsp3) is 0.259. The highest BCUT2D eigenvalue weighted by Crippen LogP contribution is 2.31. The van der Waals surface area contributed by atoms with Crippen LogP contribution in [0, 0.1) is 0 Å². The molecule has 1 fully saturated rings. The second-order valence-electron chi connectivity index (χ2n) is 8.30. The molecule has 6 nitrogen and oxygen atoms in total. The van der Waals surface area contributed by atoms with Gasteiger partial charge in [0.05, 0.1) is 24.7 Å². The van der Waals surface area contributed by atoms with Gasteiger partial charge in [0.15, 0.2) is 0 Å². The molecule has 5 rings (SSSR count). The number of hydrogen-bond donors (Lipinski definition) is 0. The molecule has 1 amide bonds. The van der Waals surface area contributed by atoms with Gasteiger partial charge in [0, 0.05) is 31.5 Å². The van der Waals surface area contributed by atoms with Gasteiger partial charge in [-0.1, -0.05) is 48.5 Å². The summed E-state index contributed by atoms with van der Waals surface area (Å²) < 4.78 is 13.5. The Morgan fingerprint density at radius 2 is 1.76 bits per heavy atom. The van der Waals surface area contributed by atoms with Gasteiger partial charge in [-0.3, -0.25) is 4.79 Å². The van der Waals surface area contributed by atoms with Crippen LogP contribution in [0.3, 0.4) is 0 Å². The lowest BCUT2D eigenvalue weighted by atomic mass is 10.1. The monoisotopic (exact) mass is 441 g/mol. The number of fused-ring (bicyclic) bond motifs is 1. The summed E-state index contributed by atoms with van der Waals surface area (Å²) in [5, 5.41) is 0. The Morgan fingerprint density at radius 1 is 0.970 bits per heavy atom. The van der Waals surface area contributed by atoms with Gasteiger partial charge in [-0.15, -0.1) is 0 Å². The summed E-state index contributed by atoms with van der Waals surface area (Å²) in [4.78, 5) is 19.7. The van der Waals surface area contributed by atoms with Gasteiger partial charge in [0.25, 0.3) is 0 Å². The largest absolute Gasteiger partial charge is 0.497 e. The van der Waals surface area contributed by atoms with Crippen LogP contribution in [-0.2, 0) is 17.9 Å². The van der Waals surface area contributed by atoms with E-state index in [2.05, 4.69) is 22.8 Å². The van der Waals surface area contributed by atoms with Crippen LogP contribution in [0.25, 0.3) is 11.0 Å². The number of para-hydroxylation sites is 2. The second-order valence-corrected chi connectivity index (χ2v) is 8.30. The Bertz CT molecular complexity index is 1250. The molecule has 0 aliphatic carbocycles. The van der Waals surface area contributed by atoms with E-state index in [9.17, 15) is 4.79 Å².